The summed E-state index contributed by atoms with van der Waals surface area (Å²) in [4.78, 5) is 29.1. The van der Waals surface area contributed by atoms with Crippen molar-refractivity contribution in [2.45, 2.75) is 43.4 Å². The van der Waals surface area contributed by atoms with Crippen LogP contribution >= 0.6 is 12.4 Å². The number of β-amino-alcohol motifs (C(OH)–C–C–N with tert-alkyl or cyclic N) is 1. The van der Waals surface area contributed by atoms with E-state index in [1.54, 1.807) is 30.3 Å². The number of aliphatic hydroxyl groups is 1. The zero-order valence-corrected chi connectivity index (χ0v) is 20.7. The van der Waals surface area contributed by atoms with Crippen LogP contribution in [-0.2, 0) is 23.6 Å². The first kappa shape index (κ1) is 29.7. The van der Waals surface area contributed by atoms with Crippen molar-refractivity contribution in [1.82, 2.24) is 15.1 Å². The zero-order valence-electron chi connectivity index (χ0n) is 19.9. The first-order chi connectivity index (χ1) is 17.3. The molecule has 4 rings (SSSR count). The van der Waals surface area contributed by atoms with Crippen molar-refractivity contribution >= 4 is 24.2 Å². The van der Waals surface area contributed by atoms with E-state index in [0.717, 1.165) is 5.56 Å². The third kappa shape index (κ3) is 6.78. The number of carbonyl (C=O) groups is 2. The number of piperazine rings is 1. The minimum Gasteiger partial charge on any atom is -0.392 e. The fraction of sp³-hybridized carbons (Fsp3) is 0.440. The molecule has 0 aromatic heterocycles. The summed E-state index contributed by atoms with van der Waals surface area (Å²) in [6.07, 6.45) is -10.4. The minimum absolute atomic E-state index is 0. The maximum atomic E-state index is 13.4. The van der Waals surface area contributed by atoms with Gasteiger partial charge in [-0.25, -0.2) is 0 Å². The van der Waals surface area contributed by atoms with E-state index >= 15 is 0 Å². The van der Waals surface area contributed by atoms with Gasteiger partial charge in [-0.3, -0.25) is 9.59 Å². The van der Waals surface area contributed by atoms with Gasteiger partial charge in [-0.15, -0.1) is 12.4 Å². The summed E-state index contributed by atoms with van der Waals surface area (Å²) in [6.45, 7) is 0.280. The molecule has 6 nitrogen and oxygen atoms in total. The van der Waals surface area contributed by atoms with Gasteiger partial charge in [-0.2, -0.15) is 26.3 Å². The van der Waals surface area contributed by atoms with E-state index in [0.29, 0.717) is 12.1 Å². The van der Waals surface area contributed by atoms with Gasteiger partial charge >= 0.3 is 12.4 Å². The van der Waals surface area contributed by atoms with Crippen LogP contribution in [0.1, 0.15) is 33.5 Å². The minimum atomic E-state index is -5.08. The lowest BCUT2D eigenvalue weighted by molar-refractivity contribution is -0.143. The molecule has 0 aliphatic carbocycles. The zero-order chi connectivity index (χ0) is 27.0. The van der Waals surface area contributed by atoms with Crippen molar-refractivity contribution in [3.8, 4) is 0 Å². The molecule has 2 heterocycles. The second-order valence-corrected chi connectivity index (χ2v) is 9.27. The summed E-state index contributed by atoms with van der Waals surface area (Å²) >= 11 is 0. The van der Waals surface area contributed by atoms with Gasteiger partial charge in [0.2, 0.25) is 5.91 Å². The molecule has 0 spiro atoms. The fourth-order valence-electron chi connectivity index (χ4n) is 4.75. The molecule has 3 atom stereocenters. The summed E-state index contributed by atoms with van der Waals surface area (Å²) in [5.74, 6) is -1.25. The second kappa shape index (κ2) is 11.5. The average molecular weight is 566 g/mol. The SMILES string of the molecule is Cl.O=C([C@@H]1C[C@@H](O)CN1)N1CCN(C(=O)c2cc(C(F)(F)F)cc(C(F)(F)F)c2)[C@H](Cc2ccccc2)C1. The van der Waals surface area contributed by atoms with Crippen LogP contribution in [0.5, 0.6) is 0 Å². The number of alkyl halides is 6. The number of hydrogen-bond donors (Lipinski definition) is 2. The highest BCUT2D eigenvalue weighted by atomic mass is 35.5. The van der Waals surface area contributed by atoms with Gasteiger partial charge in [0.15, 0.2) is 0 Å². The highest BCUT2D eigenvalue weighted by Gasteiger charge is 2.40. The number of hydrogen-bond acceptors (Lipinski definition) is 4. The number of aliphatic hydroxyl groups excluding tert-OH is 1. The van der Waals surface area contributed by atoms with Crippen LogP contribution in [0.2, 0.25) is 0 Å². The van der Waals surface area contributed by atoms with Gasteiger partial charge in [-0.05, 0) is 36.6 Å². The molecule has 2 aromatic carbocycles. The lowest BCUT2D eigenvalue weighted by Gasteiger charge is -2.42. The van der Waals surface area contributed by atoms with E-state index in [1.165, 1.54) is 9.80 Å². The second-order valence-electron chi connectivity index (χ2n) is 9.27. The predicted molar refractivity (Wildman–Crippen MR) is 128 cm³/mol. The van der Waals surface area contributed by atoms with E-state index in [2.05, 4.69) is 5.32 Å². The Balaban J connectivity index is 0.00000400. The molecule has 0 saturated carbocycles. The van der Waals surface area contributed by atoms with E-state index < -0.39 is 53.1 Å². The molecule has 2 aliphatic heterocycles. The molecule has 208 valence electrons. The largest absolute Gasteiger partial charge is 0.416 e. The molecular weight excluding hydrogens is 540 g/mol. The summed E-state index contributed by atoms with van der Waals surface area (Å²) in [5.41, 5.74) is -3.07. The van der Waals surface area contributed by atoms with Gasteiger partial charge < -0.3 is 20.2 Å². The highest BCUT2D eigenvalue weighted by Crippen LogP contribution is 2.37. The number of benzene rings is 2. The van der Waals surface area contributed by atoms with Crippen LogP contribution in [0.15, 0.2) is 48.5 Å². The van der Waals surface area contributed by atoms with E-state index in [-0.39, 0.29) is 63.4 Å². The van der Waals surface area contributed by atoms with Crippen molar-refractivity contribution < 1.29 is 41.0 Å². The van der Waals surface area contributed by atoms with Crippen molar-refractivity contribution in [3.63, 3.8) is 0 Å². The van der Waals surface area contributed by atoms with Crippen molar-refractivity contribution in [1.29, 1.82) is 0 Å². The summed E-state index contributed by atoms with van der Waals surface area (Å²) in [5, 5.41) is 12.7. The molecule has 0 bridgehead atoms. The summed E-state index contributed by atoms with van der Waals surface area (Å²) < 4.78 is 80.2. The van der Waals surface area contributed by atoms with E-state index in [9.17, 15) is 41.0 Å². The third-order valence-electron chi connectivity index (χ3n) is 6.61. The van der Waals surface area contributed by atoms with Crippen molar-refractivity contribution in [2.24, 2.45) is 0 Å². The van der Waals surface area contributed by atoms with Crippen LogP contribution in [0.3, 0.4) is 0 Å². The highest BCUT2D eigenvalue weighted by molar-refractivity contribution is 5.95. The maximum Gasteiger partial charge on any atom is 0.416 e. The van der Waals surface area contributed by atoms with Crippen LogP contribution < -0.4 is 5.32 Å². The van der Waals surface area contributed by atoms with E-state index in [4.69, 9.17) is 0 Å². The van der Waals surface area contributed by atoms with Gasteiger partial charge in [0.25, 0.3) is 5.91 Å². The number of halogens is 7. The van der Waals surface area contributed by atoms with Gasteiger partial charge in [0, 0.05) is 31.7 Å². The van der Waals surface area contributed by atoms with Crippen molar-refractivity contribution in [3.05, 3.63) is 70.8 Å². The molecule has 2 aliphatic rings. The Kier molecular flexibility index (Phi) is 9.00. The van der Waals surface area contributed by atoms with Crippen LogP contribution in [0, 0.1) is 0 Å². The quantitative estimate of drug-likeness (QED) is 0.554. The monoisotopic (exact) mass is 565 g/mol. The number of carbonyl (C=O) groups excluding carboxylic acids is 2. The fourth-order valence-corrected chi connectivity index (χ4v) is 4.75. The Morgan fingerprint density at radius 3 is 2.08 bits per heavy atom. The Labute approximate surface area is 221 Å². The summed E-state index contributed by atoms with van der Waals surface area (Å²) in [7, 11) is 0. The third-order valence-corrected chi connectivity index (χ3v) is 6.61. The normalized spacial score (nSPS) is 22.2. The van der Waals surface area contributed by atoms with Crippen LogP contribution in [-0.4, -0.2) is 71.1 Å². The molecule has 0 radical (unpaired) electrons. The van der Waals surface area contributed by atoms with Crippen molar-refractivity contribution in [2.75, 3.05) is 26.2 Å². The molecular formula is C25H26ClF6N3O3. The summed E-state index contributed by atoms with van der Waals surface area (Å²) in [6, 6.07) is 8.42. The number of amides is 2. The molecule has 2 aromatic rings. The molecule has 38 heavy (non-hydrogen) atoms. The molecule has 2 saturated heterocycles. The molecule has 2 amide bonds. The molecule has 13 heteroatoms. The molecule has 0 unspecified atom stereocenters. The van der Waals surface area contributed by atoms with Gasteiger partial charge in [0.05, 0.1) is 29.3 Å². The lowest BCUT2D eigenvalue weighted by Crippen LogP contribution is -2.59. The standard InChI is InChI=1S/C25H25F6N3O3.ClH/c26-24(27,28)17-9-16(10-18(11-17)25(29,30)31)22(36)34-7-6-33(23(37)21-12-20(35)13-32-21)14-19(34)8-15-4-2-1-3-5-15;/h1-5,9-11,19-21,32,35H,6-8,12-14H2;1H/t19-,20-,21+;/m1./s1. The molecule has 2 N–H and O–H groups in total. The van der Waals surface area contributed by atoms with Gasteiger partial charge in [0.1, 0.15) is 0 Å². The van der Waals surface area contributed by atoms with E-state index in [1.807, 2.05) is 0 Å². The molecule has 2 fully saturated rings. The predicted octanol–water partition coefficient (Wildman–Crippen LogP) is 3.76. The Hall–Kier alpha value is -2.83. The lowest BCUT2D eigenvalue weighted by atomic mass is 9.98. The number of nitrogens with one attached hydrogen (secondary N) is 1. The Bertz CT molecular complexity index is 1110. The van der Waals surface area contributed by atoms with Crippen LogP contribution in [0.4, 0.5) is 26.3 Å². The average Bonchev–Trinajstić information content (AvgIpc) is 3.28. The van der Waals surface area contributed by atoms with Crippen LogP contribution in [0.25, 0.3) is 0 Å². The smallest absolute Gasteiger partial charge is 0.392 e. The number of rotatable bonds is 4. The first-order valence-electron chi connectivity index (χ1n) is 11.7. The first-order valence-corrected chi connectivity index (χ1v) is 11.7. The topological polar surface area (TPSA) is 72.9 Å². The van der Waals surface area contributed by atoms with Gasteiger partial charge in [-0.1, -0.05) is 30.3 Å². The Morgan fingerprint density at radius 1 is 0.947 bits per heavy atom. The maximum absolute atomic E-state index is 13.4. The Morgan fingerprint density at radius 2 is 1.55 bits per heavy atom. The number of nitrogens with zero attached hydrogens (tertiary/aromatic N) is 2.